The first-order valence-electron chi connectivity index (χ1n) is 9.72. The van der Waals surface area contributed by atoms with Gasteiger partial charge in [-0.2, -0.15) is 0 Å². The topological polar surface area (TPSA) is 57.5 Å². The maximum absolute atomic E-state index is 10.0. The minimum Gasteiger partial charge on any atom is -0.397 e. The van der Waals surface area contributed by atoms with E-state index in [0.29, 0.717) is 6.61 Å². The summed E-state index contributed by atoms with van der Waals surface area (Å²) < 4.78 is 0. The van der Waals surface area contributed by atoms with Crippen molar-refractivity contribution in [2.45, 2.75) is 86.0 Å². The lowest BCUT2D eigenvalue weighted by atomic mass is 10.1. The van der Waals surface area contributed by atoms with Crippen LogP contribution in [-0.4, -0.2) is 29.2 Å². The molecule has 1 aromatic rings. The van der Waals surface area contributed by atoms with Crippen LogP contribution in [0.15, 0.2) is 30.3 Å². The number of unbranched alkanes of at least 4 members (excludes halogenated alkanes) is 5. The van der Waals surface area contributed by atoms with Crippen LogP contribution in [0, 0.1) is 6.92 Å². The molecule has 0 radical (unpaired) electrons. The summed E-state index contributed by atoms with van der Waals surface area (Å²) in [5, 5.41) is 16.0. The van der Waals surface area contributed by atoms with E-state index in [-0.39, 0.29) is 12.4 Å². The quantitative estimate of drug-likeness (QED) is 0.588. The van der Waals surface area contributed by atoms with Crippen LogP contribution in [0.3, 0.4) is 0 Å². The highest BCUT2D eigenvalue weighted by Crippen LogP contribution is 2.03. The largest absolute Gasteiger partial charge is 0.397 e. The normalized spacial score (nSPS) is 8.76. The maximum atomic E-state index is 10.0. The Bertz CT molecular complexity index is 330. The summed E-state index contributed by atoms with van der Waals surface area (Å²) in [7, 11) is 0. The van der Waals surface area contributed by atoms with Crippen molar-refractivity contribution in [1.29, 1.82) is 0 Å². The van der Waals surface area contributed by atoms with Crippen LogP contribution in [0.4, 0.5) is 0 Å². The van der Waals surface area contributed by atoms with Gasteiger partial charge in [0.25, 0.3) is 0 Å². The molecule has 0 aliphatic heterocycles. The van der Waals surface area contributed by atoms with Crippen molar-refractivity contribution < 1.29 is 15.0 Å². The monoisotopic (exact) mass is 354 g/mol. The SMILES string of the molecule is CCCC(C)=O.CCCCCCCCO.CCO.Cc1ccccc1. The van der Waals surface area contributed by atoms with E-state index in [1.807, 2.05) is 25.1 Å². The summed E-state index contributed by atoms with van der Waals surface area (Å²) in [5.41, 5.74) is 1.32. The molecule has 2 N–H and O–H groups in total. The summed E-state index contributed by atoms with van der Waals surface area (Å²) in [6, 6.07) is 10.3. The third-order valence-electron chi connectivity index (χ3n) is 3.05. The van der Waals surface area contributed by atoms with Gasteiger partial charge in [0.05, 0.1) is 0 Å². The fraction of sp³-hybridized carbons (Fsp3) is 0.682. The Morgan fingerprint density at radius 2 is 1.32 bits per heavy atom. The molecule has 0 unspecified atom stereocenters. The standard InChI is InChI=1S/C8H18O.C7H8.C5H10O.C2H6O/c1-2-3-4-5-6-7-8-9;1-7-5-3-2-4-6-7;1-3-4-5(2)6;1-2-3/h9H,2-8H2,1H3;2-6H,1H3;3-4H2,1-2H3;3H,2H2,1H3. The Hall–Kier alpha value is -1.19. The van der Waals surface area contributed by atoms with E-state index in [4.69, 9.17) is 10.2 Å². The van der Waals surface area contributed by atoms with Gasteiger partial charge in [-0.25, -0.2) is 0 Å². The van der Waals surface area contributed by atoms with Gasteiger partial charge in [-0.15, -0.1) is 0 Å². The van der Waals surface area contributed by atoms with E-state index in [2.05, 4.69) is 26.0 Å². The molecular formula is C22H42O3. The van der Waals surface area contributed by atoms with Crippen LogP contribution in [0.2, 0.25) is 0 Å². The van der Waals surface area contributed by atoms with Gasteiger partial charge < -0.3 is 15.0 Å². The van der Waals surface area contributed by atoms with Crippen LogP contribution < -0.4 is 0 Å². The number of hydrogen-bond acceptors (Lipinski definition) is 3. The summed E-state index contributed by atoms with van der Waals surface area (Å²) >= 11 is 0. The average Bonchev–Trinajstić information content (AvgIpc) is 2.57. The van der Waals surface area contributed by atoms with Crippen LogP contribution in [0.5, 0.6) is 0 Å². The average molecular weight is 355 g/mol. The molecule has 0 aliphatic rings. The Labute approximate surface area is 156 Å². The Balaban J connectivity index is -0.000000273. The van der Waals surface area contributed by atoms with Crippen molar-refractivity contribution in [2.24, 2.45) is 0 Å². The number of Topliss-reactive ketones (excluding diaryl/α,β-unsaturated/α-hetero) is 1. The van der Waals surface area contributed by atoms with E-state index in [1.165, 1.54) is 37.7 Å². The molecule has 148 valence electrons. The molecule has 0 heterocycles. The Kier molecular flexibility index (Phi) is 31.6. The van der Waals surface area contributed by atoms with Gasteiger partial charge in [0.1, 0.15) is 5.78 Å². The maximum Gasteiger partial charge on any atom is 0.129 e. The zero-order valence-electron chi connectivity index (χ0n) is 17.3. The van der Waals surface area contributed by atoms with Crippen molar-refractivity contribution >= 4 is 5.78 Å². The third kappa shape index (κ3) is 39.5. The number of rotatable bonds is 8. The fourth-order valence-corrected chi connectivity index (χ4v) is 1.78. The van der Waals surface area contributed by atoms with E-state index >= 15 is 0 Å². The molecule has 3 nitrogen and oxygen atoms in total. The lowest BCUT2D eigenvalue weighted by molar-refractivity contribution is -0.117. The molecule has 1 aromatic carbocycles. The molecule has 0 aromatic heterocycles. The number of carbonyl (C=O) groups excluding carboxylic acids is 1. The van der Waals surface area contributed by atoms with Crippen molar-refractivity contribution in [2.75, 3.05) is 13.2 Å². The molecule has 0 aliphatic carbocycles. The van der Waals surface area contributed by atoms with Crippen LogP contribution >= 0.6 is 0 Å². The van der Waals surface area contributed by atoms with Gasteiger partial charge in [-0.3, -0.25) is 0 Å². The molecule has 0 spiro atoms. The number of benzene rings is 1. The van der Waals surface area contributed by atoms with Gasteiger partial charge >= 0.3 is 0 Å². The third-order valence-corrected chi connectivity index (χ3v) is 3.05. The number of hydrogen-bond donors (Lipinski definition) is 2. The van der Waals surface area contributed by atoms with Gasteiger partial charge in [-0.05, 0) is 33.6 Å². The van der Waals surface area contributed by atoms with Gasteiger partial charge in [0, 0.05) is 19.6 Å². The second-order valence-corrected chi connectivity index (χ2v) is 5.91. The molecule has 0 bridgehead atoms. The zero-order chi connectivity index (χ0) is 19.8. The summed E-state index contributed by atoms with van der Waals surface area (Å²) in [6.45, 7) is 10.2. The lowest BCUT2D eigenvalue weighted by Gasteiger charge is -1.95. The molecule has 0 fully saturated rings. The number of aliphatic hydroxyl groups is 2. The number of ketones is 1. The van der Waals surface area contributed by atoms with Crippen LogP contribution in [0.25, 0.3) is 0 Å². The van der Waals surface area contributed by atoms with Crippen LogP contribution in [-0.2, 0) is 4.79 Å². The Morgan fingerprint density at radius 1 is 0.840 bits per heavy atom. The zero-order valence-corrected chi connectivity index (χ0v) is 17.3. The summed E-state index contributed by atoms with van der Waals surface area (Å²) in [5.74, 6) is 0.289. The van der Waals surface area contributed by atoms with Gasteiger partial charge in [0.15, 0.2) is 0 Å². The number of aryl methyl sites for hydroxylation is 1. The minimum absolute atomic E-state index is 0.250. The van der Waals surface area contributed by atoms with Crippen LogP contribution in [0.1, 0.15) is 84.6 Å². The molecule has 0 saturated heterocycles. The predicted molar refractivity (Wildman–Crippen MR) is 110 cm³/mol. The molecule has 25 heavy (non-hydrogen) atoms. The van der Waals surface area contributed by atoms with Gasteiger partial charge in [0.2, 0.25) is 0 Å². The van der Waals surface area contributed by atoms with Crippen molar-refractivity contribution in [1.82, 2.24) is 0 Å². The predicted octanol–water partition coefficient (Wildman–Crippen LogP) is 5.71. The highest BCUT2D eigenvalue weighted by molar-refractivity contribution is 5.75. The van der Waals surface area contributed by atoms with E-state index in [1.54, 1.807) is 13.8 Å². The van der Waals surface area contributed by atoms with E-state index < -0.39 is 0 Å². The highest BCUT2D eigenvalue weighted by Gasteiger charge is 1.86. The van der Waals surface area contributed by atoms with Gasteiger partial charge in [-0.1, -0.05) is 81.8 Å². The fourth-order valence-electron chi connectivity index (χ4n) is 1.78. The number of carbonyl (C=O) groups is 1. The van der Waals surface area contributed by atoms with Crippen molar-refractivity contribution in [3.63, 3.8) is 0 Å². The van der Waals surface area contributed by atoms with E-state index in [0.717, 1.165) is 19.3 Å². The molecule has 0 amide bonds. The van der Waals surface area contributed by atoms with Crippen molar-refractivity contribution in [3.8, 4) is 0 Å². The molecule has 1 rings (SSSR count). The first-order chi connectivity index (χ1) is 12.0. The molecular weight excluding hydrogens is 312 g/mol. The van der Waals surface area contributed by atoms with E-state index in [9.17, 15) is 4.79 Å². The second kappa shape index (κ2) is 27.6. The molecule has 0 atom stereocenters. The summed E-state index contributed by atoms with van der Waals surface area (Å²) in [4.78, 5) is 10.0. The molecule has 3 heteroatoms. The first-order valence-corrected chi connectivity index (χ1v) is 9.72. The number of aliphatic hydroxyl groups excluding tert-OH is 2. The summed E-state index contributed by atoms with van der Waals surface area (Å²) in [6.07, 6.45) is 9.21. The lowest BCUT2D eigenvalue weighted by Crippen LogP contribution is -1.84. The minimum atomic E-state index is 0.250. The first kappa shape index (κ1) is 28.6. The second-order valence-electron chi connectivity index (χ2n) is 5.91. The van der Waals surface area contributed by atoms with Crippen molar-refractivity contribution in [3.05, 3.63) is 35.9 Å². The molecule has 0 saturated carbocycles. The smallest absolute Gasteiger partial charge is 0.129 e. The Morgan fingerprint density at radius 3 is 1.60 bits per heavy atom. The highest BCUT2D eigenvalue weighted by atomic mass is 16.3.